The Hall–Kier alpha value is -2.59. The van der Waals surface area contributed by atoms with E-state index in [0.29, 0.717) is 32.4 Å². The van der Waals surface area contributed by atoms with E-state index >= 15 is 0 Å². The molecule has 1 aliphatic rings. The van der Waals surface area contributed by atoms with Crippen molar-refractivity contribution in [2.45, 2.75) is 35.6 Å². The minimum atomic E-state index is -4.58. The molecule has 0 aliphatic carbocycles. The standard InChI is InChI=1S/C23H23F3N2O3S2/c1-31-19-6-2-4-16(13-19)12-18-15-32-22(27-18)28-10-8-20(9-11-28)33(29,30)21-7-3-5-17(14-21)23(24,25)26/h2-7,13-15,20H,8-12H2,1H3. The number of hydrogen-bond donors (Lipinski definition) is 0. The number of aromatic nitrogens is 1. The second-order valence-electron chi connectivity index (χ2n) is 7.91. The zero-order valence-electron chi connectivity index (χ0n) is 17.9. The summed E-state index contributed by atoms with van der Waals surface area (Å²) in [5, 5.41) is 2.09. The molecule has 1 aromatic heterocycles. The molecule has 176 valence electrons. The summed E-state index contributed by atoms with van der Waals surface area (Å²) in [6.45, 7) is 0.962. The molecule has 0 amide bonds. The van der Waals surface area contributed by atoms with Gasteiger partial charge in [-0.25, -0.2) is 13.4 Å². The van der Waals surface area contributed by atoms with Crippen molar-refractivity contribution in [1.29, 1.82) is 0 Å². The van der Waals surface area contributed by atoms with Crippen LogP contribution in [0.5, 0.6) is 5.75 Å². The molecule has 0 atom stereocenters. The summed E-state index contributed by atoms with van der Waals surface area (Å²) < 4.78 is 70.2. The zero-order valence-corrected chi connectivity index (χ0v) is 19.5. The molecule has 0 radical (unpaired) electrons. The molecule has 3 aromatic rings. The number of thiazole rings is 1. The third-order valence-electron chi connectivity index (χ3n) is 5.70. The van der Waals surface area contributed by atoms with Gasteiger partial charge in [-0.15, -0.1) is 11.3 Å². The van der Waals surface area contributed by atoms with Gasteiger partial charge in [0, 0.05) is 24.9 Å². The maximum atomic E-state index is 13.0. The SMILES string of the molecule is COc1cccc(Cc2csc(N3CCC(S(=O)(=O)c4cccc(C(F)(F)F)c4)CC3)n2)c1. The van der Waals surface area contributed by atoms with Crippen LogP contribution in [0.2, 0.25) is 0 Å². The Morgan fingerprint density at radius 1 is 1.12 bits per heavy atom. The van der Waals surface area contributed by atoms with Crippen LogP contribution in [-0.2, 0) is 22.4 Å². The highest BCUT2D eigenvalue weighted by Gasteiger charge is 2.35. The fourth-order valence-electron chi connectivity index (χ4n) is 3.91. The van der Waals surface area contributed by atoms with Gasteiger partial charge in [-0.2, -0.15) is 13.2 Å². The third kappa shape index (κ3) is 5.33. The average molecular weight is 497 g/mol. The van der Waals surface area contributed by atoms with Crippen LogP contribution in [0.15, 0.2) is 58.8 Å². The van der Waals surface area contributed by atoms with Crippen molar-refractivity contribution in [3.05, 3.63) is 70.7 Å². The Kier molecular flexibility index (Phi) is 6.67. The predicted molar refractivity (Wildman–Crippen MR) is 122 cm³/mol. The fraction of sp³-hybridized carbons (Fsp3) is 0.348. The molecule has 0 N–H and O–H groups in total. The fourth-order valence-corrected chi connectivity index (χ4v) is 6.57. The van der Waals surface area contributed by atoms with Crippen LogP contribution in [0.25, 0.3) is 0 Å². The number of methoxy groups -OCH3 is 1. The topological polar surface area (TPSA) is 59.5 Å². The monoisotopic (exact) mass is 496 g/mol. The molecular weight excluding hydrogens is 473 g/mol. The van der Waals surface area contributed by atoms with Gasteiger partial charge in [-0.05, 0) is 48.7 Å². The number of sulfone groups is 1. The largest absolute Gasteiger partial charge is 0.497 e. The van der Waals surface area contributed by atoms with Crippen LogP contribution < -0.4 is 9.64 Å². The van der Waals surface area contributed by atoms with E-state index in [-0.39, 0.29) is 4.90 Å². The molecule has 0 bridgehead atoms. The maximum Gasteiger partial charge on any atom is 0.416 e. The summed E-state index contributed by atoms with van der Waals surface area (Å²) in [4.78, 5) is 6.46. The van der Waals surface area contributed by atoms with Crippen molar-refractivity contribution >= 4 is 26.3 Å². The highest BCUT2D eigenvalue weighted by molar-refractivity contribution is 7.92. The van der Waals surface area contributed by atoms with Gasteiger partial charge in [0.2, 0.25) is 0 Å². The molecule has 0 saturated carbocycles. The maximum absolute atomic E-state index is 13.0. The molecule has 4 rings (SSSR count). The smallest absolute Gasteiger partial charge is 0.416 e. The molecule has 1 fully saturated rings. The van der Waals surface area contributed by atoms with Crippen LogP contribution >= 0.6 is 11.3 Å². The lowest BCUT2D eigenvalue weighted by atomic mass is 10.1. The number of benzene rings is 2. The van der Waals surface area contributed by atoms with Gasteiger partial charge in [-0.1, -0.05) is 18.2 Å². The van der Waals surface area contributed by atoms with Crippen molar-refractivity contribution < 1.29 is 26.3 Å². The molecule has 5 nitrogen and oxygen atoms in total. The summed E-state index contributed by atoms with van der Waals surface area (Å²) in [7, 11) is -2.23. The van der Waals surface area contributed by atoms with Crippen molar-refractivity contribution in [3.8, 4) is 5.75 Å². The van der Waals surface area contributed by atoms with E-state index in [1.807, 2.05) is 34.5 Å². The van der Waals surface area contributed by atoms with Gasteiger partial charge in [-0.3, -0.25) is 0 Å². The van der Waals surface area contributed by atoms with Crippen LogP contribution in [0.1, 0.15) is 29.7 Å². The molecule has 1 saturated heterocycles. The van der Waals surface area contributed by atoms with Crippen molar-refractivity contribution in [3.63, 3.8) is 0 Å². The lowest BCUT2D eigenvalue weighted by Gasteiger charge is -2.31. The Balaban J connectivity index is 1.41. The summed E-state index contributed by atoms with van der Waals surface area (Å²) in [6.07, 6.45) is -3.25. The molecule has 10 heteroatoms. The minimum Gasteiger partial charge on any atom is -0.497 e. The van der Waals surface area contributed by atoms with E-state index in [1.54, 1.807) is 7.11 Å². The van der Waals surface area contributed by atoms with Gasteiger partial charge >= 0.3 is 6.18 Å². The lowest BCUT2D eigenvalue weighted by Crippen LogP contribution is -2.39. The number of rotatable bonds is 6. The van der Waals surface area contributed by atoms with Gasteiger partial charge in [0.15, 0.2) is 15.0 Å². The Morgan fingerprint density at radius 3 is 2.55 bits per heavy atom. The van der Waals surface area contributed by atoms with Crippen LogP contribution in [0.3, 0.4) is 0 Å². The summed E-state index contributed by atoms with van der Waals surface area (Å²) in [5.74, 6) is 0.784. The van der Waals surface area contributed by atoms with Crippen LogP contribution in [0.4, 0.5) is 18.3 Å². The minimum absolute atomic E-state index is 0.273. The number of hydrogen-bond acceptors (Lipinski definition) is 6. The predicted octanol–water partition coefficient (Wildman–Crippen LogP) is 5.20. The third-order valence-corrected chi connectivity index (χ3v) is 8.91. The van der Waals surface area contributed by atoms with Gasteiger partial charge < -0.3 is 9.64 Å². The first kappa shape index (κ1) is 23.6. The molecular formula is C23H23F3N2O3S2. The molecule has 0 spiro atoms. The zero-order chi connectivity index (χ0) is 23.6. The number of alkyl halides is 3. The molecule has 33 heavy (non-hydrogen) atoms. The number of anilines is 1. The highest BCUT2D eigenvalue weighted by atomic mass is 32.2. The van der Waals surface area contributed by atoms with E-state index in [1.165, 1.54) is 17.4 Å². The van der Waals surface area contributed by atoms with E-state index < -0.39 is 26.8 Å². The van der Waals surface area contributed by atoms with Gasteiger partial charge in [0.1, 0.15) is 5.75 Å². The Morgan fingerprint density at radius 2 is 1.85 bits per heavy atom. The number of piperidine rings is 1. The van der Waals surface area contributed by atoms with Crippen molar-refractivity contribution in [2.24, 2.45) is 0 Å². The van der Waals surface area contributed by atoms with E-state index in [0.717, 1.165) is 40.3 Å². The first-order chi connectivity index (χ1) is 15.7. The second kappa shape index (κ2) is 9.34. The summed E-state index contributed by atoms with van der Waals surface area (Å²) >= 11 is 1.50. The quantitative estimate of drug-likeness (QED) is 0.469. The molecule has 2 aromatic carbocycles. The number of ether oxygens (including phenoxy) is 1. The van der Waals surface area contributed by atoms with E-state index in [9.17, 15) is 21.6 Å². The number of halogens is 3. The first-order valence-corrected chi connectivity index (χ1v) is 12.8. The van der Waals surface area contributed by atoms with E-state index in [4.69, 9.17) is 9.72 Å². The van der Waals surface area contributed by atoms with Crippen molar-refractivity contribution in [2.75, 3.05) is 25.1 Å². The average Bonchev–Trinajstić information content (AvgIpc) is 3.27. The van der Waals surface area contributed by atoms with Crippen LogP contribution in [-0.4, -0.2) is 38.9 Å². The van der Waals surface area contributed by atoms with E-state index in [2.05, 4.69) is 0 Å². The summed E-state index contributed by atoms with van der Waals surface area (Å²) in [6, 6.07) is 11.8. The summed E-state index contributed by atoms with van der Waals surface area (Å²) in [5.41, 5.74) is 1.05. The second-order valence-corrected chi connectivity index (χ2v) is 11.0. The highest BCUT2D eigenvalue weighted by Crippen LogP contribution is 2.33. The number of nitrogens with zero attached hydrogens (tertiary/aromatic N) is 2. The Bertz CT molecular complexity index is 1220. The Labute approximate surface area is 194 Å². The normalized spacial score (nSPS) is 15.6. The van der Waals surface area contributed by atoms with Crippen molar-refractivity contribution in [1.82, 2.24) is 4.98 Å². The molecule has 2 heterocycles. The molecule has 1 aliphatic heterocycles. The van der Waals surface area contributed by atoms with Crippen LogP contribution in [0, 0.1) is 0 Å². The van der Waals surface area contributed by atoms with Gasteiger partial charge in [0.05, 0.1) is 28.5 Å². The lowest BCUT2D eigenvalue weighted by molar-refractivity contribution is -0.137. The first-order valence-electron chi connectivity index (χ1n) is 10.4. The van der Waals surface area contributed by atoms with Gasteiger partial charge in [0.25, 0.3) is 0 Å². The molecule has 0 unspecified atom stereocenters.